The van der Waals surface area contributed by atoms with Crippen molar-refractivity contribution < 1.29 is 32.7 Å². The molecule has 4 fully saturated rings. The minimum atomic E-state index is -3.82. The largest absolute Gasteiger partial charge is 0.391 e. The smallest absolute Gasteiger partial charge is 0.259 e. The van der Waals surface area contributed by atoms with E-state index in [9.17, 15) is 32.7 Å². The average molecular weight is 567 g/mol. The highest BCUT2D eigenvalue weighted by atomic mass is 32.2. The number of nitrogens with zero attached hydrogens (tertiary/aromatic N) is 2. The molecule has 0 aromatic carbocycles. The summed E-state index contributed by atoms with van der Waals surface area (Å²) in [6.07, 6.45) is 4.64. The lowest BCUT2D eigenvalue weighted by Gasteiger charge is -2.36. The normalized spacial score (nSPS) is 29.9. The molecule has 39 heavy (non-hydrogen) atoms. The zero-order chi connectivity index (χ0) is 28.8. The highest BCUT2D eigenvalue weighted by molar-refractivity contribution is 7.91. The number of aliphatic hydroxyl groups excluding tert-OH is 1. The fourth-order valence-electron chi connectivity index (χ4n) is 5.74. The van der Waals surface area contributed by atoms with Crippen molar-refractivity contribution in [2.24, 2.45) is 17.3 Å². The minimum absolute atomic E-state index is 0.00712. The maximum absolute atomic E-state index is 13.9. The number of rotatable bonds is 9. The Labute approximate surface area is 230 Å². The molecule has 2 saturated heterocycles. The third-order valence-corrected chi connectivity index (χ3v) is 10.4. The topological polar surface area (TPSA) is 153 Å². The number of hydrogen-bond donors (Lipinski definition) is 3. The number of carbonyl (C=O) groups excluding carboxylic acids is 4. The summed E-state index contributed by atoms with van der Waals surface area (Å²) in [4.78, 5) is 56.6. The molecular formula is C27H42N4O7S. The lowest BCUT2D eigenvalue weighted by molar-refractivity contribution is -0.148. The van der Waals surface area contributed by atoms with Gasteiger partial charge in [0.2, 0.25) is 27.7 Å². The number of carbonyl (C=O) groups is 4. The van der Waals surface area contributed by atoms with Gasteiger partial charge in [0.1, 0.15) is 11.6 Å². The van der Waals surface area contributed by atoms with E-state index in [1.54, 1.807) is 4.90 Å². The number of sulfonamides is 1. The highest BCUT2D eigenvalue weighted by Crippen LogP contribution is 2.45. The van der Waals surface area contributed by atoms with Gasteiger partial charge >= 0.3 is 0 Å². The van der Waals surface area contributed by atoms with Crippen molar-refractivity contribution in [1.82, 2.24) is 19.8 Å². The average Bonchev–Trinajstić information content (AvgIpc) is 3.79. The molecule has 5 atom stereocenters. The Balaban J connectivity index is 1.49. The second kappa shape index (κ2) is 10.8. The van der Waals surface area contributed by atoms with Crippen molar-refractivity contribution in [2.75, 3.05) is 19.6 Å². The number of likely N-dealkylation sites (tertiary alicyclic amines) is 2. The van der Waals surface area contributed by atoms with Crippen LogP contribution in [0.4, 0.5) is 0 Å². The van der Waals surface area contributed by atoms with Crippen molar-refractivity contribution in [1.29, 1.82) is 0 Å². The molecule has 3 N–H and O–H groups in total. The van der Waals surface area contributed by atoms with Gasteiger partial charge in [-0.2, -0.15) is 0 Å². The van der Waals surface area contributed by atoms with E-state index in [2.05, 4.69) is 16.6 Å². The van der Waals surface area contributed by atoms with Gasteiger partial charge in [0.05, 0.1) is 17.3 Å². The number of nitrogens with one attached hydrogen (secondary N) is 2. The van der Waals surface area contributed by atoms with Crippen LogP contribution in [0.25, 0.3) is 0 Å². The van der Waals surface area contributed by atoms with Crippen LogP contribution in [0.15, 0.2) is 12.7 Å². The van der Waals surface area contributed by atoms with Crippen LogP contribution in [0, 0.1) is 17.3 Å². The quantitative estimate of drug-likeness (QED) is 0.347. The Hall–Kier alpha value is -2.47. The Bertz CT molecular complexity index is 1120. The molecule has 4 rings (SSSR count). The van der Waals surface area contributed by atoms with Crippen molar-refractivity contribution in [3.63, 3.8) is 0 Å². The van der Waals surface area contributed by atoms with Gasteiger partial charge in [0.25, 0.3) is 5.91 Å². The van der Waals surface area contributed by atoms with Gasteiger partial charge in [-0.25, -0.2) is 8.42 Å². The summed E-state index contributed by atoms with van der Waals surface area (Å²) in [6, 6.07) is -1.06. The Morgan fingerprint density at radius 1 is 1.13 bits per heavy atom. The second-order valence-electron chi connectivity index (χ2n) is 12.6. The molecule has 0 radical (unpaired) electrons. The lowest BCUT2D eigenvalue weighted by Crippen LogP contribution is -2.57. The maximum Gasteiger partial charge on any atom is 0.259 e. The van der Waals surface area contributed by atoms with E-state index < -0.39 is 67.9 Å². The molecule has 4 aliphatic rings. The Morgan fingerprint density at radius 3 is 2.31 bits per heavy atom. The standard InChI is InChI=1S/C27H42N4O7S/c1-5-17-15-27(17,25(36)29-39(37,38)19-9-10-19)28-23(34)21-13-18(32)16-31(21)24(35)20(26(2,3)4)14-22(33)30-11-7-6-8-12-30/h5,17-21,32H,1,6-16H2,2-4H3,(H,28,34)(H,29,36)/t17-,18-,20?,21+,27-/m1/s1. The van der Waals surface area contributed by atoms with E-state index in [-0.39, 0.29) is 31.7 Å². The summed E-state index contributed by atoms with van der Waals surface area (Å²) in [5, 5.41) is 12.6. The van der Waals surface area contributed by atoms with E-state index >= 15 is 0 Å². The number of piperidine rings is 1. The van der Waals surface area contributed by atoms with Gasteiger partial charge in [0.15, 0.2) is 0 Å². The molecule has 218 valence electrons. The maximum atomic E-state index is 13.9. The van der Waals surface area contributed by atoms with Crippen LogP contribution in [-0.2, 0) is 29.2 Å². The van der Waals surface area contributed by atoms with Crippen LogP contribution in [0.3, 0.4) is 0 Å². The zero-order valence-electron chi connectivity index (χ0n) is 23.1. The number of hydrogen-bond acceptors (Lipinski definition) is 7. The molecule has 12 heteroatoms. The van der Waals surface area contributed by atoms with Crippen LogP contribution < -0.4 is 10.0 Å². The fraction of sp³-hybridized carbons (Fsp3) is 0.778. The first-order valence-electron chi connectivity index (χ1n) is 14.0. The third kappa shape index (κ3) is 6.32. The van der Waals surface area contributed by atoms with E-state index in [1.807, 2.05) is 20.8 Å². The Morgan fingerprint density at radius 2 is 1.77 bits per heavy atom. The SMILES string of the molecule is C=C[C@@H]1C[C@]1(NC(=O)[C@@H]1C[C@@H](O)CN1C(=O)C(CC(=O)N1CCCCC1)C(C)(C)C)C(=O)NS(=O)(=O)C1CC1. The van der Waals surface area contributed by atoms with Crippen LogP contribution in [0.2, 0.25) is 0 Å². The fourth-order valence-corrected chi connectivity index (χ4v) is 7.10. The molecule has 0 spiro atoms. The van der Waals surface area contributed by atoms with Gasteiger partial charge in [-0.1, -0.05) is 26.8 Å². The van der Waals surface area contributed by atoms with Gasteiger partial charge in [-0.15, -0.1) is 6.58 Å². The highest BCUT2D eigenvalue weighted by Gasteiger charge is 2.62. The van der Waals surface area contributed by atoms with Crippen molar-refractivity contribution >= 4 is 33.7 Å². The van der Waals surface area contributed by atoms with Gasteiger partial charge in [0, 0.05) is 38.4 Å². The first-order chi connectivity index (χ1) is 18.2. The summed E-state index contributed by atoms with van der Waals surface area (Å²) in [6.45, 7) is 10.6. The summed E-state index contributed by atoms with van der Waals surface area (Å²) in [7, 11) is -3.82. The number of β-amino-alcohol motifs (C(OH)–C–C–N with tert-alkyl or cyclic N) is 1. The molecule has 4 amide bonds. The van der Waals surface area contributed by atoms with Crippen LogP contribution in [-0.4, -0.2) is 89.5 Å². The molecule has 1 unspecified atom stereocenters. The molecule has 2 aliphatic heterocycles. The molecule has 0 aromatic rings. The zero-order valence-corrected chi connectivity index (χ0v) is 24.0. The third-order valence-electron chi connectivity index (χ3n) is 8.54. The van der Waals surface area contributed by atoms with Gasteiger partial charge in [-0.05, 0) is 43.9 Å². The van der Waals surface area contributed by atoms with Crippen molar-refractivity contribution in [3.05, 3.63) is 12.7 Å². The van der Waals surface area contributed by atoms with Crippen molar-refractivity contribution in [2.45, 2.75) is 95.1 Å². The van der Waals surface area contributed by atoms with Gasteiger partial charge < -0.3 is 20.2 Å². The summed E-state index contributed by atoms with van der Waals surface area (Å²) < 4.78 is 26.9. The van der Waals surface area contributed by atoms with E-state index in [0.717, 1.165) is 19.3 Å². The number of aliphatic hydroxyl groups is 1. The molecule has 2 aliphatic carbocycles. The predicted molar refractivity (Wildman–Crippen MR) is 143 cm³/mol. The van der Waals surface area contributed by atoms with Crippen LogP contribution >= 0.6 is 0 Å². The van der Waals surface area contributed by atoms with E-state index in [1.165, 1.54) is 11.0 Å². The summed E-state index contributed by atoms with van der Waals surface area (Å²) >= 11 is 0. The molecule has 0 bridgehead atoms. The summed E-state index contributed by atoms with van der Waals surface area (Å²) in [5.41, 5.74) is -2.06. The molecule has 2 saturated carbocycles. The predicted octanol–water partition coefficient (Wildman–Crippen LogP) is 0.682. The second-order valence-corrected chi connectivity index (χ2v) is 14.6. The first kappa shape index (κ1) is 29.5. The first-order valence-corrected chi connectivity index (χ1v) is 15.5. The monoisotopic (exact) mass is 566 g/mol. The van der Waals surface area contributed by atoms with E-state index in [0.29, 0.717) is 25.9 Å². The minimum Gasteiger partial charge on any atom is -0.391 e. The van der Waals surface area contributed by atoms with Crippen molar-refractivity contribution in [3.8, 4) is 0 Å². The molecular weight excluding hydrogens is 524 g/mol. The Kier molecular flexibility index (Phi) is 8.20. The number of amides is 4. The molecule has 0 aromatic heterocycles. The summed E-state index contributed by atoms with van der Waals surface area (Å²) in [5.74, 6) is -3.12. The van der Waals surface area contributed by atoms with Gasteiger partial charge in [-0.3, -0.25) is 23.9 Å². The van der Waals surface area contributed by atoms with Crippen LogP contribution in [0.1, 0.15) is 72.1 Å². The van der Waals surface area contributed by atoms with E-state index in [4.69, 9.17) is 0 Å². The molecule has 2 heterocycles. The lowest BCUT2D eigenvalue weighted by atomic mass is 9.77. The molecule has 11 nitrogen and oxygen atoms in total. The van der Waals surface area contributed by atoms with Crippen LogP contribution in [0.5, 0.6) is 0 Å².